The number of hydrogen-bond donors (Lipinski definition) is 1. The molecule has 0 aliphatic rings. The number of nitrogens with two attached hydrogens (primary N) is 1. The fourth-order valence-corrected chi connectivity index (χ4v) is 2.07. The molecule has 1 aromatic carbocycles. The maximum atomic E-state index is 5.94. The van der Waals surface area contributed by atoms with E-state index in [1.54, 1.807) is 0 Å². The van der Waals surface area contributed by atoms with E-state index in [0.717, 1.165) is 22.2 Å². The normalized spacial score (nSPS) is 10.9. The van der Waals surface area contributed by atoms with Gasteiger partial charge >= 0.3 is 0 Å². The quantitative estimate of drug-likeness (QED) is 0.689. The highest BCUT2D eigenvalue weighted by Gasteiger charge is 2.12. The summed E-state index contributed by atoms with van der Waals surface area (Å²) < 4.78 is 1.97. The van der Waals surface area contributed by atoms with Crippen LogP contribution >= 0.6 is 0 Å². The summed E-state index contributed by atoms with van der Waals surface area (Å²) in [4.78, 5) is 8.32. The molecule has 84 valence electrons. The number of aromatic nitrogens is 3. The zero-order valence-corrected chi connectivity index (χ0v) is 9.46. The van der Waals surface area contributed by atoms with Crippen molar-refractivity contribution in [2.75, 3.05) is 5.73 Å². The van der Waals surface area contributed by atoms with Crippen LogP contribution in [0.5, 0.6) is 0 Å². The van der Waals surface area contributed by atoms with Crippen molar-refractivity contribution >= 4 is 16.9 Å². The highest BCUT2D eigenvalue weighted by atomic mass is 15.0. The van der Waals surface area contributed by atoms with Gasteiger partial charge in [0.25, 0.3) is 0 Å². The molecule has 3 aromatic rings. The van der Waals surface area contributed by atoms with Gasteiger partial charge in [0.2, 0.25) is 0 Å². The minimum atomic E-state index is 0.523. The molecule has 17 heavy (non-hydrogen) atoms. The van der Waals surface area contributed by atoms with Gasteiger partial charge in [-0.15, -0.1) is 0 Å². The van der Waals surface area contributed by atoms with Crippen molar-refractivity contribution in [1.82, 2.24) is 14.5 Å². The number of nitrogens with zero attached hydrogens (tertiary/aromatic N) is 3. The lowest BCUT2D eigenvalue weighted by Crippen LogP contribution is -1.94. The number of hydrogen-bond acceptors (Lipinski definition) is 3. The molecular formula is C13H12N4. The molecule has 3 rings (SSSR count). The third-order valence-electron chi connectivity index (χ3n) is 2.87. The van der Waals surface area contributed by atoms with E-state index < -0.39 is 0 Å². The first-order valence-electron chi connectivity index (χ1n) is 5.38. The molecule has 4 heteroatoms. The molecule has 0 saturated carbocycles. The molecule has 2 aromatic heterocycles. The third kappa shape index (κ3) is 1.45. The summed E-state index contributed by atoms with van der Waals surface area (Å²) in [7, 11) is 1.96. The van der Waals surface area contributed by atoms with Crippen molar-refractivity contribution in [2.45, 2.75) is 0 Å². The van der Waals surface area contributed by atoms with Crippen LogP contribution in [-0.2, 0) is 7.05 Å². The van der Waals surface area contributed by atoms with E-state index in [1.807, 2.05) is 36.0 Å². The molecule has 0 aliphatic heterocycles. The Labute approximate surface area is 98.7 Å². The van der Waals surface area contributed by atoms with Crippen LogP contribution in [0.2, 0.25) is 0 Å². The summed E-state index contributed by atoms with van der Waals surface area (Å²) in [6.07, 6.45) is 3.53. The highest BCUT2D eigenvalue weighted by molar-refractivity contribution is 6.00. The molecule has 2 heterocycles. The Bertz CT molecular complexity index is 670. The Kier molecular flexibility index (Phi) is 2.08. The van der Waals surface area contributed by atoms with Crippen LogP contribution in [0.4, 0.5) is 5.82 Å². The minimum Gasteiger partial charge on any atom is -0.383 e. The first-order valence-corrected chi connectivity index (χ1v) is 5.38. The Morgan fingerprint density at radius 3 is 2.65 bits per heavy atom. The zero-order valence-electron chi connectivity index (χ0n) is 9.46. The van der Waals surface area contributed by atoms with Gasteiger partial charge in [0.1, 0.15) is 17.8 Å². The number of fused-ring (bicyclic) bond motifs is 1. The van der Waals surface area contributed by atoms with Gasteiger partial charge in [0.15, 0.2) is 0 Å². The zero-order chi connectivity index (χ0) is 11.8. The van der Waals surface area contributed by atoms with E-state index in [9.17, 15) is 0 Å². The monoisotopic (exact) mass is 224 g/mol. The van der Waals surface area contributed by atoms with Gasteiger partial charge in [-0.2, -0.15) is 0 Å². The highest BCUT2D eigenvalue weighted by Crippen LogP contribution is 2.31. The summed E-state index contributed by atoms with van der Waals surface area (Å²) in [5, 5.41) is 0.918. The topological polar surface area (TPSA) is 56.7 Å². The second-order valence-electron chi connectivity index (χ2n) is 3.98. The SMILES string of the molecule is Cn1cc(-c2ccccc2)c2c(N)ncnc21. The average Bonchev–Trinajstić information content (AvgIpc) is 2.70. The number of aryl methyl sites for hydroxylation is 1. The van der Waals surface area contributed by atoms with Crippen molar-refractivity contribution in [1.29, 1.82) is 0 Å². The fourth-order valence-electron chi connectivity index (χ4n) is 2.07. The second-order valence-corrected chi connectivity index (χ2v) is 3.98. The van der Waals surface area contributed by atoms with Crippen molar-refractivity contribution in [2.24, 2.45) is 7.05 Å². The van der Waals surface area contributed by atoms with Crippen molar-refractivity contribution in [3.63, 3.8) is 0 Å². The number of benzene rings is 1. The minimum absolute atomic E-state index is 0.523. The number of rotatable bonds is 1. The van der Waals surface area contributed by atoms with Gasteiger partial charge in [-0.25, -0.2) is 9.97 Å². The predicted molar refractivity (Wildman–Crippen MR) is 68.4 cm³/mol. The van der Waals surface area contributed by atoms with Crippen LogP contribution in [0.3, 0.4) is 0 Å². The fraction of sp³-hybridized carbons (Fsp3) is 0.0769. The lowest BCUT2D eigenvalue weighted by Gasteiger charge is -2.00. The lowest BCUT2D eigenvalue weighted by molar-refractivity contribution is 0.945. The van der Waals surface area contributed by atoms with Crippen LogP contribution < -0.4 is 5.73 Å². The van der Waals surface area contributed by atoms with Crippen LogP contribution in [0.15, 0.2) is 42.9 Å². The standard InChI is InChI=1S/C13H12N4/c1-17-7-10(9-5-3-2-4-6-9)11-12(14)15-8-16-13(11)17/h2-8H,1H3,(H2,14,15,16). The van der Waals surface area contributed by atoms with Crippen molar-refractivity contribution in [3.8, 4) is 11.1 Å². The van der Waals surface area contributed by atoms with Gasteiger partial charge in [-0.05, 0) is 5.56 Å². The van der Waals surface area contributed by atoms with E-state index in [-0.39, 0.29) is 0 Å². The largest absolute Gasteiger partial charge is 0.383 e. The van der Waals surface area contributed by atoms with Gasteiger partial charge in [-0.1, -0.05) is 30.3 Å². The second kappa shape index (κ2) is 3.59. The van der Waals surface area contributed by atoms with Gasteiger partial charge in [-0.3, -0.25) is 0 Å². The third-order valence-corrected chi connectivity index (χ3v) is 2.87. The van der Waals surface area contributed by atoms with Crippen molar-refractivity contribution < 1.29 is 0 Å². The average molecular weight is 224 g/mol. The van der Waals surface area contributed by atoms with E-state index in [2.05, 4.69) is 22.1 Å². The summed E-state index contributed by atoms with van der Waals surface area (Å²) >= 11 is 0. The Morgan fingerprint density at radius 2 is 1.88 bits per heavy atom. The first-order chi connectivity index (χ1) is 8.27. The molecule has 0 bridgehead atoms. The van der Waals surface area contributed by atoms with Crippen LogP contribution in [0, 0.1) is 0 Å². The maximum Gasteiger partial charge on any atom is 0.145 e. The van der Waals surface area contributed by atoms with Crippen LogP contribution in [-0.4, -0.2) is 14.5 Å². The predicted octanol–water partition coefficient (Wildman–Crippen LogP) is 2.22. The molecule has 0 amide bonds. The maximum absolute atomic E-state index is 5.94. The van der Waals surface area contributed by atoms with Crippen molar-refractivity contribution in [3.05, 3.63) is 42.9 Å². The molecule has 0 spiro atoms. The first kappa shape index (κ1) is 9.84. The molecule has 0 aliphatic carbocycles. The summed E-state index contributed by atoms with van der Waals surface area (Å²) in [5.74, 6) is 0.523. The molecule has 0 atom stereocenters. The lowest BCUT2D eigenvalue weighted by atomic mass is 10.1. The van der Waals surface area contributed by atoms with Gasteiger partial charge < -0.3 is 10.3 Å². The van der Waals surface area contributed by atoms with E-state index in [0.29, 0.717) is 5.82 Å². The van der Waals surface area contributed by atoms with Crippen LogP contribution in [0.1, 0.15) is 0 Å². The van der Waals surface area contributed by atoms with E-state index in [4.69, 9.17) is 5.73 Å². The summed E-state index contributed by atoms with van der Waals surface area (Å²) in [6.45, 7) is 0. The number of anilines is 1. The summed E-state index contributed by atoms with van der Waals surface area (Å²) in [5.41, 5.74) is 9.00. The molecular weight excluding hydrogens is 212 g/mol. The Hall–Kier alpha value is -2.36. The van der Waals surface area contributed by atoms with Gasteiger partial charge in [0.05, 0.1) is 5.39 Å². The van der Waals surface area contributed by atoms with E-state index in [1.165, 1.54) is 6.33 Å². The van der Waals surface area contributed by atoms with Crippen LogP contribution in [0.25, 0.3) is 22.2 Å². The smallest absolute Gasteiger partial charge is 0.145 e. The molecule has 0 radical (unpaired) electrons. The molecule has 0 saturated heterocycles. The molecule has 4 nitrogen and oxygen atoms in total. The Balaban J connectivity index is 2.38. The molecule has 0 fully saturated rings. The molecule has 2 N–H and O–H groups in total. The van der Waals surface area contributed by atoms with E-state index >= 15 is 0 Å². The molecule has 0 unspecified atom stereocenters. The van der Waals surface area contributed by atoms with Gasteiger partial charge in [0, 0.05) is 18.8 Å². The Morgan fingerprint density at radius 1 is 1.12 bits per heavy atom. The summed E-state index contributed by atoms with van der Waals surface area (Å²) in [6, 6.07) is 10.1. The number of nitrogen functional groups attached to an aromatic ring is 1.